The molecule has 0 unspecified atom stereocenters. The summed E-state index contributed by atoms with van der Waals surface area (Å²) in [7, 11) is 1.58. The molecule has 0 saturated carbocycles. The average molecular weight is 407 g/mol. The smallest absolute Gasteiger partial charge is 0.311 e. The normalized spacial score (nSPS) is 16.5. The molecule has 1 N–H and O–H groups in total. The van der Waals surface area contributed by atoms with Crippen LogP contribution in [0.5, 0.6) is 5.75 Å². The van der Waals surface area contributed by atoms with Crippen molar-refractivity contribution >= 4 is 22.8 Å². The van der Waals surface area contributed by atoms with E-state index in [1.807, 2.05) is 24.3 Å². The molecule has 0 saturated heterocycles. The fourth-order valence-electron chi connectivity index (χ4n) is 3.97. The first-order valence-electron chi connectivity index (χ1n) is 10.2. The minimum atomic E-state index is -0.871. The Morgan fingerprint density at radius 2 is 2.07 bits per heavy atom. The molecule has 1 aromatic heterocycles. The van der Waals surface area contributed by atoms with Crippen LogP contribution in [-0.2, 0) is 27.2 Å². The Hall–Kier alpha value is -3.28. The minimum absolute atomic E-state index is 0.0310. The number of carbonyl (C=O) groups excluding carboxylic acids is 2. The van der Waals surface area contributed by atoms with Crippen molar-refractivity contribution in [2.45, 2.75) is 44.8 Å². The number of furan rings is 1. The molecule has 1 amide bonds. The van der Waals surface area contributed by atoms with Gasteiger partial charge in [0.25, 0.3) is 5.91 Å². The number of hydrogen-bond donors (Lipinski definition) is 1. The average Bonchev–Trinajstić information content (AvgIpc) is 3.15. The number of carbonyl (C=O) groups is 2. The lowest BCUT2D eigenvalue weighted by Gasteiger charge is -2.27. The van der Waals surface area contributed by atoms with Crippen molar-refractivity contribution < 1.29 is 23.5 Å². The molecular formula is C24H25NO5. The van der Waals surface area contributed by atoms with Crippen LogP contribution in [0.2, 0.25) is 0 Å². The quantitative estimate of drug-likeness (QED) is 0.622. The van der Waals surface area contributed by atoms with Gasteiger partial charge in [0.2, 0.25) is 0 Å². The van der Waals surface area contributed by atoms with Crippen LogP contribution in [0.1, 0.15) is 42.5 Å². The van der Waals surface area contributed by atoms with Crippen molar-refractivity contribution in [3.8, 4) is 5.75 Å². The summed E-state index contributed by atoms with van der Waals surface area (Å²) in [5, 5.41) is 3.86. The maximum atomic E-state index is 12.6. The van der Waals surface area contributed by atoms with Gasteiger partial charge < -0.3 is 19.2 Å². The van der Waals surface area contributed by atoms with Gasteiger partial charge >= 0.3 is 5.97 Å². The van der Waals surface area contributed by atoms with Crippen LogP contribution in [0.4, 0.5) is 0 Å². The van der Waals surface area contributed by atoms with Gasteiger partial charge in [-0.15, -0.1) is 0 Å². The van der Waals surface area contributed by atoms with Crippen molar-refractivity contribution in [2.75, 3.05) is 7.11 Å². The van der Waals surface area contributed by atoms with E-state index in [-0.39, 0.29) is 18.4 Å². The van der Waals surface area contributed by atoms with E-state index in [1.165, 1.54) is 11.8 Å². The molecule has 6 heteroatoms. The fourth-order valence-corrected chi connectivity index (χ4v) is 3.97. The Morgan fingerprint density at radius 3 is 2.90 bits per heavy atom. The number of aryl methyl sites for hydroxylation is 1. The maximum absolute atomic E-state index is 12.6. The molecular weight excluding hydrogens is 382 g/mol. The Morgan fingerprint density at radius 1 is 1.23 bits per heavy atom. The number of nitrogens with one attached hydrogen (secondary N) is 1. The summed E-state index contributed by atoms with van der Waals surface area (Å²) >= 11 is 0. The van der Waals surface area contributed by atoms with E-state index in [0.29, 0.717) is 16.9 Å². The lowest BCUT2D eigenvalue weighted by Crippen LogP contribution is -2.39. The number of methoxy groups -OCH3 is 1. The number of benzene rings is 2. The van der Waals surface area contributed by atoms with Crippen LogP contribution in [0, 0.1) is 0 Å². The molecule has 30 heavy (non-hydrogen) atoms. The Kier molecular flexibility index (Phi) is 5.74. The third kappa shape index (κ3) is 4.17. The lowest BCUT2D eigenvalue weighted by atomic mass is 9.87. The second kappa shape index (κ2) is 8.61. The highest BCUT2D eigenvalue weighted by Gasteiger charge is 2.25. The molecule has 2 atom stereocenters. The summed E-state index contributed by atoms with van der Waals surface area (Å²) < 4.78 is 16.1. The van der Waals surface area contributed by atoms with Gasteiger partial charge in [-0.25, -0.2) is 0 Å². The molecule has 156 valence electrons. The van der Waals surface area contributed by atoms with Gasteiger partial charge in [0, 0.05) is 17.0 Å². The van der Waals surface area contributed by atoms with Crippen molar-refractivity contribution in [2.24, 2.45) is 0 Å². The Balaban J connectivity index is 1.36. The van der Waals surface area contributed by atoms with E-state index >= 15 is 0 Å². The summed E-state index contributed by atoms with van der Waals surface area (Å²) in [5.41, 5.74) is 3.77. The van der Waals surface area contributed by atoms with Gasteiger partial charge in [0.05, 0.1) is 25.8 Å². The minimum Gasteiger partial charge on any atom is -0.497 e. The molecule has 2 aromatic carbocycles. The molecule has 1 aliphatic rings. The van der Waals surface area contributed by atoms with Crippen LogP contribution in [0.25, 0.3) is 11.0 Å². The Bertz CT molecular complexity index is 1070. The number of esters is 1. The van der Waals surface area contributed by atoms with E-state index in [1.54, 1.807) is 20.1 Å². The molecule has 1 aliphatic carbocycles. The van der Waals surface area contributed by atoms with Gasteiger partial charge in [-0.1, -0.05) is 24.3 Å². The van der Waals surface area contributed by atoms with Crippen molar-refractivity contribution in [3.05, 3.63) is 65.4 Å². The van der Waals surface area contributed by atoms with Gasteiger partial charge in [-0.3, -0.25) is 9.59 Å². The van der Waals surface area contributed by atoms with E-state index in [2.05, 4.69) is 17.4 Å². The topological polar surface area (TPSA) is 77.8 Å². The third-order valence-corrected chi connectivity index (χ3v) is 5.56. The molecule has 4 rings (SSSR count). The summed E-state index contributed by atoms with van der Waals surface area (Å²) in [5.74, 6) is -0.0763. The predicted octanol–water partition coefficient (Wildman–Crippen LogP) is 4.11. The van der Waals surface area contributed by atoms with Gasteiger partial charge in [-0.05, 0) is 49.4 Å². The van der Waals surface area contributed by atoms with Crippen molar-refractivity contribution in [3.63, 3.8) is 0 Å². The molecule has 0 aliphatic heterocycles. The van der Waals surface area contributed by atoms with Crippen LogP contribution < -0.4 is 10.1 Å². The second-order valence-electron chi connectivity index (χ2n) is 7.58. The van der Waals surface area contributed by atoms with Crippen LogP contribution >= 0.6 is 0 Å². The van der Waals surface area contributed by atoms with Gasteiger partial charge in [-0.2, -0.15) is 0 Å². The number of fused-ring (bicyclic) bond motifs is 2. The molecule has 0 bridgehead atoms. The summed E-state index contributed by atoms with van der Waals surface area (Å²) in [6.07, 6.45) is 3.63. The number of ether oxygens (including phenoxy) is 2. The largest absolute Gasteiger partial charge is 0.497 e. The molecule has 1 heterocycles. The zero-order valence-electron chi connectivity index (χ0n) is 17.1. The first kappa shape index (κ1) is 20.0. The molecule has 0 radical (unpaired) electrons. The summed E-state index contributed by atoms with van der Waals surface area (Å²) in [6.45, 7) is 1.60. The molecule has 6 nitrogen and oxygen atoms in total. The third-order valence-electron chi connectivity index (χ3n) is 5.56. The monoisotopic (exact) mass is 407 g/mol. The van der Waals surface area contributed by atoms with Crippen molar-refractivity contribution in [1.82, 2.24) is 5.32 Å². The van der Waals surface area contributed by atoms with Crippen molar-refractivity contribution in [1.29, 1.82) is 0 Å². The lowest BCUT2D eigenvalue weighted by molar-refractivity contribution is -0.154. The van der Waals surface area contributed by atoms with E-state index in [9.17, 15) is 9.59 Å². The molecule has 3 aromatic rings. The molecule has 0 spiro atoms. The van der Waals surface area contributed by atoms with Crippen LogP contribution in [0.15, 0.2) is 53.1 Å². The van der Waals surface area contributed by atoms with Crippen LogP contribution in [0.3, 0.4) is 0 Å². The predicted molar refractivity (Wildman–Crippen MR) is 112 cm³/mol. The van der Waals surface area contributed by atoms with E-state index < -0.39 is 12.1 Å². The van der Waals surface area contributed by atoms with Gasteiger partial charge in [0.15, 0.2) is 6.10 Å². The highest BCUT2D eigenvalue weighted by Crippen LogP contribution is 2.29. The fraction of sp³-hybridized carbons (Fsp3) is 0.333. The van der Waals surface area contributed by atoms with Crippen LogP contribution in [-0.4, -0.2) is 25.1 Å². The number of amides is 1. The Labute approximate surface area is 175 Å². The van der Waals surface area contributed by atoms with E-state index in [4.69, 9.17) is 13.9 Å². The first-order valence-corrected chi connectivity index (χ1v) is 10.2. The molecule has 0 fully saturated rings. The number of rotatable bonds is 6. The maximum Gasteiger partial charge on any atom is 0.311 e. The number of hydrogen-bond acceptors (Lipinski definition) is 5. The summed E-state index contributed by atoms with van der Waals surface area (Å²) in [6, 6.07) is 13.5. The second-order valence-corrected chi connectivity index (χ2v) is 7.58. The summed E-state index contributed by atoms with van der Waals surface area (Å²) in [4.78, 5) is 25.0. The standard InChI is InChI=1S/C24H25NO5/c1-15(24(27)25-21-9-5-7-16-6-3-4-8-19(16)21)30-23(26)12-17-14-29-22-13-18(28-2)10-11-20(17)22/h3-4,6,8,10-11,13-15,21H,5,7,9,12H2,1-2H3,(H,25,27)/t15-,21-/m1/s1. The first-order chi connectivity index (χ1) is 14.5. The zero-order valence-corrected chi connectivity index (χ0v) is 17.1. The SMILES string of the molecule is COc1ccc2c(CC(=O)O[C@H](C)C(=O)N[C@@H]3CCCc4ccccc43)coc2c1. The zero-order chi connectivity index (χ0) is 21.1. The van der Waals surface area contributed by atoms with E-state index in [0.717, 1.165) is 30.2 Å². The van der Waals surface area contributed by atoms with Gasteiger partial charge in [0.1, 0.15) is 11.3 Å². The highest BCUT2D eigenvalue weighted by molar-refractivity contribution is 5.88. The highest BCUT2D eigenvalue weighted by atomic mass is 16.5.